The summed E-state index contributed by atoms with van der Waals surface area (Å²) in [6.07, 6.45) is 8.88. The van der Waals surface area contributed by atoms with Crippen molar-refractivity contribution < 1.29 is 9.21 Å². The van der Waals surface area contributed by atoms with Crippen LogP contribution in [0, 0.1) is 0 Å². The van der Waals surface area contributed by atoms with Gasteiger partial charge < -0.3 is 9.73 Å². The summed E-state index contributed by atoms with van der Waals surface area (Å²) < 4.78 is 5.75. The Morgan fingerprint density at radius 3 is 2.79 bits per heavy atom. The molecule has 1 heterocycles. The topological polar surface area (TPSA) is 68.0 Å². The van der Waals surface area contributed by atoms with Crippen LogP contribution in [0.5, 0.6) is 0 Å². The van der Waals surface area contributed by atoms with Gasteiger partial charge in [0.1, 0.15) is 0 Å². The first kappa shape index (κ1) is 20.6. The van der Waals surface area contributed by atoms with E-state index in [2.05, 4.69) is 40.6 Å². The highest BCUT2D eigenvalue weighted by Crippen LogP contribution is 2.25. The highest BCUT2D eigenvalue weighted by molar-refractivity contribution is 8.00. The highest BCUT2D eigenvalue weighted by Gasteiger charge is 2.19. The first-order valence-corrected chi connectivity index (χ1v) is 11.0. The summed E-state index contributed by atoms with van der Waals surface area (Å²) in [4.78, 5) is 12.3. The molecule has 1 aromatic carbocycles. The molecule has 0 spiro atoms. The Hall–Kier alpha value is -2.08. The van der Waals surface area contributed by atoms with Crippen LogP contribution in [0.2, 0.25) is 0 Å². The van der Waals surface area contributed by atoms with Gasteiger partial charge in [-0.1, -0.05) is 60.7 Å². The number of benzene rings is 1. The molecule has 6 heteroatoms. The number of hydrogen-bond acceptors (Lipinski definition) is 5. The van der Waals surface area contributed by atoms with E-state index in [4.69, 9.17) is 4.42 Å². The molecular weight excluding hydrogens is 370 g/mol. The van der Waals surface area contributed by atoms with Gasteiger partial charge in [-0.05, 0) is 50.5 Å². The van der Waals surface area contributed by atoms with Crippen LogP contribution in [0.4, 0.5) is 0 Å². The fourth-order valence-corrected chi connectivity index (χ4v) is 4.08. The van der Waals surface area contributed by atoms with Crippen molar-refractivity contribution in [3.05, 3.63) is 53.4 Å². The second-order valence-corrected chi connectivity index (χ2v) is 8.68. The van der Waals surface area contributed by atoms with Crippen molar-refractivity contribution in [3.63, 3.8) is 0 Å². The van der Waals surface area contributed by atoms with Crippen molar-refractivity contribution in [1.82, 2.24) is 15.5 Å². The first-order chi connectivity index (χ1) is 13.6. The number of hydrogen-bond donors (Lipinski definition) is 1. The van der Waals surface area contributed by atoms with E-state index in [0.29, 0.717) is 30.0 Å². The Balaban J connectivity index is 1.43. The molecule has 0 saturated heterocycles. The van der Waals surface area contributed by atoms with E-state index >= 15 is 0 Å². The molecule has 0 bridgehead atoms. The maximum absolute atomic E-state index is 12.3. The van der Waals surface area contributed by atoms with Crippen LogP contribution >= 0.6 is 11.8 Å². The summed E-state index contributed by atoms with van der Waals surface area (Å²) in [6, 6.07) is 10.3. The molecule has 1 amide bonds. The van der Waals surface area contributed by atoms with Crippen LogP contribution in [0.3, 0.4) is 0 Å². The lowest BCUT2D eigenvalue weighted by Crippen LogP contribution is -2.31. The summed E-state index contributed by atoms with van der Waals surface area (Å²) in [6.45, 7) is 4.71. The number of allylic oxidation sites excluding steroid dienone is 1. The Kier molecular flexibility index (Phi) is 7.71. The normalized spacial score (nSPS) is 16.3. The van der Waals surface area contributed by atoms with Gasteiger partial charge >= 0.3 is 0 Å². The number of amides is 1. The molecule has 2 aromatic rings. The van der Waals surface area contributed by atoms with Crippen molar-refractivity contribution in [2.24, 2.45) is 0 Å². The number of aromatic nitrogens is 2. The Morgan fingerprint density at radius 1 is 1.21 bits per heavy atom. The van der Waals surface area contributed by atoms with Crippen molar-refractivity contribution in [2.75, 3.05) is 6.54 Å². The summed E-state index contributed by atoms with van der Waals surface area (Å²) in [5.41, 5.74) is 2.72. The summed E-state index contributed by atoms with van der Waals surface area (Å²) in [7, 11) is 0. The van der Waals surface area contributed by atoms with Gasteiger partial charge in [-0.15, -0.1) is 10.2 Å². The molecule has 2 atom stereocenters. The number of rotatable bonds is 9. The van der Waals surface area contributed by atoms with E-state index in [1.165, 1.54) is 48.6 Å². The van der Waals surface area contributed by atoms with Gasteiger partial charge in [0.25, 0.3) is 5.22 Å². The molecule has 1 aromatic heterocycles. The van der Waals surface area contributed by atoms with Gasteiger partial charge in [-0.25, -0.2) is 0 Å². The fraction of sp³-hybridized carbons (Fsp3) is 0.500. The van der Waals surface area contributed by atoms with E-state index in [-0.39, 0.29) is 11.2 Å². The lowest BCUT2D eigenvalue weighted by Gasteiger charge is -2.14. The van der Waals surface area contributed by atoms with Gasteiger partial charge in [-0.3, -0.25) is 4.79 Å². The van der Waals surface area contributed by atoms with E-state index < -0.39 is 0 Å². The molecule has 0 radical (unpaired) electrons. The second-order valence-electron chi connectivity index (χ2n) is 7.39. The van der Waals surface area contributed by atoms with Crippen molar-refractivity contribution in [3.8, 4) is 0 Å². The summed E-state index contributed by atoms with van der Waals surface area (Å²) in [5, 5.41) is 11.4. The SMILES string of the molecule is CC(Sc1nnc(CC(C)c2ccccc2)o1)C(=O)NCCC1=CCCCC1. The largest absolute Gasteiger partial charge is 0.416 e. The number of thioether (sulfide) groups is 1. The van der Waals surface area contributed by atoms with Gasteiger partial charge in [0, 0.05) is 13.0 Å². The predicted molar refractivity (Wildman–Crippen MR) is 112 cm³/mol. The summed E-state index contributed by atoms with van der Waals surface area (Å²) >= 11 is 1.31. The molecular formula is C22H29N3O2S. The highest BCUT2D eigenvalue weighted by atomic mass is 32.2. The third-order valence-electron chi connectivity index (χ3n) is 5.07. The average Bonchev–Trinajstić information content (AvgIpc) is 3.16. The molecule has 0 fully saturated rings. The monoisotopic (exact) mass is 399 g/mol. The number of nitrogens with one attached hydrogen (secondary N) is 1. The molecule has 2 unspecified atom stereocenters. The van der Waals surface area contributed by atoms with Crippen LogP contribution < -0.4 is 5.32 Å². The Bertz CT molecular complexity index is 788. The maximum atomic E-state index is 12.3. The maximum Gasteiger partial charge on any atom is 0.277 e. The van der Waals surface area contributed by atoms with Crippen LogP contribution in [-0.2, 0) is 11.2 Å². The molecule has 150 valence electrons. The molecule has 3 rings (SSSR count). The third-order valence-corrected chi connectivity index (χ3v) is 6.01. The quantitative estimate of drug-likeness (QED) is 0.480. The zero-order valence-electron chi connectivity index (χ0n) is 16.7. The zero-order chi connectivity index (χ0) is 19.8. The molecule has 1 N–H and O–H groups in total. The fourth-order valence-electron chi connectivity index (χ4n) is 3.36. The van der Waals surface area contributed by atoms with Crippen molar-refractivity contribution >= 4 is 17.7 Å². The van der Waals surface area contributed by atoms with Gasteiger partial charge in [-0.2, -0.15) is 0 Å². The predicted octanol–water partition coefficient (Wildman–Crippen LogP) is 4.90. The van der Waals surface area contributed by atoms with E-state index in [1.807, 2.05) is 25.1 Å². The minimum absolute atomic E-state index is 0.0128. The lowest BCUT2D eigenvalue weighted by molar-refractivity contribution is -0.120. The van der Waals surface area contributed by atoms with Gasteiger partial charge in [0.15, 0.2) is 0 Å². The molecule has 0 aliphatic heterocycles. The number of carbonyl (C=O) groups excluding carboxylic acids is 1. The van der Waals surface area contributed by atoms with E-state index in [0.717, 1.165) is 6.42 Å². The standard InChI is InChI=1S/C22H29N3O2S/c1-16(19-11-7-4-8-12-19)15-20-24-25-22(27-20)28-17(2)21(26)23-14-13-18-9-5-3-6-10-18/h4,7-9,11-12,16-17H,3,5-6,10,13-15H2,1-2H3,(H,23,26). The van der Waals surface area contributed by atoms with Crippen LogP contribution in [-0.4, -0.2) is 27.9 Å². The van der Waals surface area contributed by atoms with Crippen LogP contribution in [0.25, 0.3) is 0 Å². The number of nitrogens with zero attached hydrogens (tertiary/aromatic N) is 2. The Morgan fingerprint density at radius 2 is 2.04 bits per heavy atom. The minimum Gasteiger partial charge on any atom is -0.416 e. The average molecular weight is 400 g/mol. The Labute approximate surface area is 171 Å². The number of carbonyl (C=O) groups is 1. The van der Waals surface area contributed by atoms with Crippen LogP contribution in [0.1, 0.15) is 63.3 Å². The second kappa shape index (κ2) is 10.5. The lowest BCUT2D eigenvalue weighted by atomic mass is 9.97. The van der Waals surface area contributed by atoms with E-state index in [1.54, 1.807) is 0 Å². The minimum atomic E-state index is -0.264. The molecule has 1 aliphatic carbocycles. The zero-order valence-corrected chi connectivity index (χ0v) is 17.5. The van der Waals surface area contributed by atoms with E-state index in [9.17, 15) is 4.79 Å². The molecule has 0 saturated carbocycles. The third kappa shape index (κ3) is 6.23. The van der Waals surface area contributed by atoms with Gasteiger partial charge in [0.05, 0.1) is 5.25 Å². The van der Waals surface area contributed by atoms with Crippen LogP contribution in [0.15, 0.2) is 51.6 Å². The molecule has 1 aliphatic rings. The molecule has 28 heavy (non-hydrogen) atoms. The smallest absolute Gasteiger partial charge is 0.277 e. The van der Waals surface area contributed by atoms with Crippen molar-refractivity contribution in [2.45, 2.75) is 68.8 Å². The van der Waals surface area contributed by atoms with Crippen molar-refractivity contribution in [1.29, 1.82) is 0 Å². The van der Waals surface area contributed by atoms with Gasteiger partial charge in [0.2, 0.25) is 11.8 Å². The summed E-state index contributed by atoms with van der Waals surface area (Å²) in [5.74, 6) is 0.920. The molecule has 5 nitrogen and oxygen atoms in total. The first-order valence-electron chi connectivity index (χ1n) is 10.1.